The molecule has 13 nitrogen and oxygen atoms in total. The number of H-pyrrole nitrogens is 1. The van der Waals surface area contributed by atoms with E-state index in [-0.39, 0.29) is 32.2 Å². The molecule has 3 aromatic carbocycles. The number of thiophene rings is 1. The van der Waals surface area contributed by atoms with Gasteiger partial charge in [-0.15, -0.1) is 11.3 Å². The van der Waals surface area contributed by atoms with Crippen molar-refractivity contribution in [1.29, 1.82) is 0 Å². The lowest BCUT2D eigenvalue weighted by atomic mass is 10.00. The van der Waals surface area contributed by atoms with Gasteiger partial charge in [-0.3, -0.25) is 24.0 Å². The van der Waals surface area contributed by atoms with E-state index in [4.69, 9.17) is 17.2 Å². The number of nitrogens with one attached hydrogen (secondary N) is 5. The van der Waals surface area contributed by atoms with Gasteiger partial charge in [-0.25, -0.2) is 0 Å². The Morgan fingerprint density at radius 3 is 1.91 bits per heavy atom. The van der Waals surface area contributed by atoms with Crippen molar-refractivity contribution in [3.05, 3.63) is 107 Å². The fraction of sp³-hybridized carbons (Fsp3) is 0.325. The maximum absolute atomic E-state index is 14.4. The molecular formula is C40H48N8O5S. The predicted octanol–water partition coefficient (Wildman–Crippen LogP) is 2.31. The molecule has 0 radical (unpaired) electrons. The average Bonchev–Trinajstić information content (AvgIpc) is 3.77. The molecule has 0 bridgehead atoms. The number of hydrogen-bond acceptors (Lipinski definition) is 8. The van der Waals surface area contributed by atoms with Crippen molar-refractivity contribution in [2.24, 2.45) is 17.2 Å². The summed E-state index contributed by atoms with van der Waals surface area (Å²) in [5, 5.41) is 15.1. The number of primary amides is 1. The Labute approximate surface area is 317 Å². The van der Waals surface area contributed by atoms with Gasteiger partial charge in [0.25, 0.3) is 0 Å². The number of carbonyl (C=O) groups is 5. The van der Waals surface area contributed by atoms with Crippen LogP contribution in [-0.4, -0.2) is 71.8 Å². The Morgan fingerprint density at radius 1 is 0.630 bits per heavy atom. The minimum Gasteiger partial charge on any atom is -0.368 e. The zero-order valence-corrected chi connectivity index (χ0v) is 30.8. The normalized spacial score (nSPS) is 13.4. The SMILES string of the molecule is NCCCC[C@@H](NC(=O)[C@H](Cc1ccccc1)NC(=O)[C@@H](Cc1c[nH]c2ccccc12)NC(=O)[C@@H](Cc1csc2ccccc12)NC(=O)CCN)C(N)=O. The molecule has 284 valence electrons. The van der Waals surface area contributed by atoms with Gasteiger partial charge in [0.05, 0.1) is 0 Å². The summed E-state index contributed by atoms with van der Waals surface area (Å²) in [6, 6.07) is 20.2. The van der Waals surface area contributed by atoms with E-state index in [1.54, 1.807) is 6.20 Å². The van der Waals surface area contributed by atoms with Crippen molar-refractivity contribution in [2.75, 3.05) is 13.1 Å². The van der Waals surface area contributed by atoms with E-state index in [0.717, 1.165) is 37.7 Å². The van der Waals surface area contributed by atoms with E-state index in [9.17, 15) is 24.0 Å². The van der Waals surface area contributed by atoms with Crippen LogP contribution in [0.4, 0.5) is 0 Å². The lowest BCUT2D eigenvalue weighted by Crippen LogP contribution is -2.59. The predicted molar refractivity (Wildman–Crippen MR) is 211 cm³/mol. The van der Waals surface area contributed by atoms with Crippen LogP contribution in [0.15, 0.2) is 90.4 Å². The summed E-state index contributed by atoms with van der Waals surface area (Å²) in [5.74, 6) is -2.90. The maximum Gasteiger partial charge on any atom is 0.243 e. The number of aromatic nitrogens is 1. The summed E-state index contributed by atoms with van der Waals surface area (Å²) < 4.78 is 1.04. The van der Waals surface area contributed by atoms with Crippen LogP contribution in [0.3, 0.4) is 0 Å². The summed E-state index contributed by atoms with van der Waals surface area (Å²) >= 11 is 1.54. The van der Waals surface area contributed by atoms with Crippen LogP contribution in [0.5, 0.6) is 0 Å². The Morgan fingerprint density at radius 2 is 1.22 bits per heavy atom. The molecule has 0 aliphatic rings. The number of carbonyl (C=O) groups excluding carboxylic acids is 5. The van der Waals surface area contributed by atoms with E-state index >= 15 is 0 Å². The minimum absolute atomic E-state index is 0.0161. The fourth-order valence-electron chi connectivity index (χ4n) is 6.40. The Hall–Kier alpha value is -5.57. The van der Waals surface area contributed by atoms with Gasteiger partial charge < -0.3 is 43.5 Å². The molecule has 0 aliphatic heterocycles. The first kappa shape index (κ1) is 39.6. The van der Waals surface area contributed by atoms with Crippen LogP contribution in [0, 0.1) is 0 Å². The van der Waals surface area contributed by atoms with Crippen molar-refractivity contribution < 1.29 is 24.0 Å². The van der Waals surface area contributed by atoms with Gasteiger partial charge in [0.15, 0.2) is 0 Å². The first-order valence-electron chi connectivity index (χ1n) is 18.1. The molecule has 4 atom stereocenters. The quantitative estimate of drug-likeness (QED) is 0.0553. The number of unbranched alkanes of at least 4 members (excludes halogenated alkanes) is 1. The Balaban J connectivity index is 1.44. The van der Waals surface area contributed by atoms with Gasteiger partial charge in [0.2, 0.25) is 29.5 Å². The number of hydrogen-bond donors (Lipinski definition) is 8. The van der Waals surface area contributed by atoms with E-state index < -0.39 is 53.7 Å². The summed E-state index contributed by atoms with van der Waals surface area (Å²) in [6.45, 7) is 0.527. The van der Waals surface area contributed by atoms with E-state index in [1.165, 1.54) is 11.3 Å². The van der Waals surface area contributed by atoms with Gasteiger partial charge in [-0.1, -0.05) is 66.7 Å². The third kappa shape index (κ3) is 10.7. The molecule has 2 aromatic heterocycles. The van der Waals surface area contributed by atoms with Crippen molar-refractivity contribution in [3.8, 4) is 0 Å². The smallest absolute Gasteiger partial charge is 0.243 e. The van der Waals surface area contributed by atoms with Gasteiger partial charge in [-0.05, 0) is 65.4 Å². The maximum atomic E-state index is 14.4. The average molecular weight is 753 g/mol. The van der Waals surface area contributed by atoms with Crippen LogP contribution in [0.1, 0.15) is 42.4 Å². The van der Waals surface area contributed by atoms with Crippen molar-refractivity contribution in [3.63, 3.8) is 0 Å². The fourth-order valence-corrected chi connectivity index (χ4v) is 7.38. The highest BCUT2D eigenvalue weighted by molar-refractivity contribution is 7.17. The van der Waals surface area contributed by atoms with Crippen LogP contribution >= 0.6 is 11.3 Å². The van der Waals surface area contributed by atoms with Crippen molar-refractivity contribution in [1.82, 2.24) is 26.3 Å². The molecule has 0 aliphatic carbocycles. The lowest BCUT2D eigenvalue weighted by Gasteiger charge is -2.26. The number of rotatable bonds is 20. The summed E-state index contributed by atoms with van der Waals surface area (Å²) in [5.41, 5.74) is 20.2. The monoisotopic (exact) mass is 752 g/mol. The number of fused-ring (bicyclic) bond motifs is 2. The van der Waals surface area contributed by atoms with E-state index in [2.05, 4.69) is 26.3 Å². The Kier molecular flexibility index (Phi) is 14.3. The molecule has 0 spiro atoms. The summed E-state index contributed by atoms with van der Waals surface area (Å²) in [6.07, 6.45) is 3.65. The molecular weight excluding hydrogens is 705 g/mol. The van der Waals surface area contributed by atoms with Crippen molar-refractivity contribution in [2.45, 2.75) is 69.1 Å². The molecule has 2 heterocycles. The van der Waals surface area contributed by atoms with E-state index in [1.807, 2.05) is 84.2 Å². The van der Waals surface area contributed by atoms with E-state index in [0.29, 0.717) is 25.8 Å². The number of benzene rings is 3. The molecule has 5 aromatic rings. The topological polar surface area (TPSA) is 227 Å². The van der Waals surface area contributed by atoms with Crippen LogP contribution < -0.4 is 38.5 Å². The summed E-state index contributed by atoms with van der Waals surface area (Å²) in [7, 11) is 0. The number of para-hydroxylation sites is 1. The van der Waals surface area contributed by atoms with Gasteiger partial charge in [-0.2, -0.15) is 0 Å². The second-order valence-electron chi connectivity index (χ2n) is 13.2. The zero-order chi connectivity index (χ0) is 38.5. The number of amides is 5. The number of aromatic amines is 1. The molecule has 11 N–H and O–H groups in total. The summed E-state index contributed by atoms with van der Waals surface area (Å²) in [4.78, 5) is 70.8. The first-order valence-corrected chi connectivity index (χ1v) is 19.0. The highest BCUT2D eigenvalue weighted by atomic mass is 32.1. The molecule has 0 saturated carbocycles. The lowest BCUT2D eigenvalue weighted by molar-refractivity contribution is -0.134. The molecule has 5 amide bonds. The molecule has 14 heteroatoms. The third-order valence-corrected chi connectivity index (χ3v) is 10.3. The van der Waals surface area contributed by atoms with Crippen LogP contribution in [-0.2, 0) is 43.2 Å². The van der Waals surface area contributed by atoms with Crippen LogP contribution in [0.2, 0.25) is 0 Å². The molecule has 0 saturated heterocycles. The molecule has 0 unspecified atom stereocenters. The first-order chi connectivity index (χ1) is 26.2. The Bertz CT molecular complexity index is 2050. The van der Waals surface area contributed by atoms with Crippen molar-refractivity contribution >= 4 is 61.9 Å². The second kappa shape index (κ2) is 19.5. The van der Waals surface area contributed by atoms with Gasteiger partial charge in [0.1, 0.15) is 24.2 Å². The van der Waals surface area contributed by atoms with Crippen LogP contribution in [0.25, 0.3) is 21.0 Å². The molecule has 5 rings (SSSR count). The zero-order valence-electron chi connectivity index (χ0n) is 30.0. The number of nitrogens with two attached hydrogens (primary N) is 3. The standard InChI is InChI=1S/C40H48N8O5S/c41-18-9-8-15-31(37(43)50)46-38(51)32(20-25-10-2-1-3-11-25)47-40(53)34(21-26-23-44-30-14-6-4-12-28(26)30)48-39(52)33(45-36(49)17-19-42)22-27-24-54-35-16-7-5-13-29(27)35/h1-7,10-14,16,23-24,31-34,44H,8-9,15,17-22,41-42H2,(H2,43,50)(H,45,49)(H,46,51)(H,47,53)(H,48,52)/t31-,32+,33-,34-/m1/s1. The highest BCUT2D eigenvalue weighted by Gasteiger charge is 2.32. The third-order valence-electron chi connectivity index (χ3n) is 9.26. The highest BCUT2D eigenvalue weighted by Crippen LogP contribution is 2.27. The molecule has 0 fully saturated rings. The molecule has 54 heavy (non-hydrogen) atoms. The largest absolute Gasteiger partial charge is 0.368 e. The second-order valence-corrected chi connectivity index (χ2v) is 14.2. The van der Waals surface area contributed by atoms with Gasteiger partial charge in [0, 0.05) is 54.0 Å². The minimum atomic E-state index is -1.17. The van der Waals surface area contributed by atoms with Gasteiger partial charge >= 0.3 is 0 Å².